The Labute approximate surface area is 171 Å². The number of ether oxygens (including phenoxy) is 2. The number of guanidine groups is 1. The van der Waals surface area contributed by atoms with E-state index >= 15 is 0 Å². The number of unbranched alkanes of at least 4 members (excludes halogenated alkanes) is 1. The topological polar surface area (TPSA) is 58.1 Å². The van der Waals surface area contributed by atoms with Crippen LogP contribution >= 0.6 is 0 Å². The SMILES string of the molecule is CCNC(=NCc1ccc(OCCN(CC)CC)cc1)NCCCCOCC. The zero-order valence-corrected chi connectivity index (χ0v) is 18.3. The highest BCUT2D eigenvalue weighted by Gasteiger charge is 2.01. The monoisotopic (exact) mass is 392 g/mol. The molecule has 6 nitrogen and oxygen atoms in total. The molecule has 0 spiro atoms. The third kappa shape index (κ3) is 11.1. The van der Waals surface area contributed by atoms with Crippen molar-refractivity contribution in [1.82, 2.24) is 15.5 Å². The van der Waals surface area contributed by atoms with E-state index in [9.17, 15) is 0 Å². The van der Waals surface area contributed by atoms with Gasteiger partial charge in [0, 0.05) is 32.8 Å². The van der Waals surface area contributed by atoms with Crippen LogP contribution in [0.5, 0.6) is 5.75 Å². The van der Waals surface area contributed by atoms with Crippen molar-refractivity contribution in [2.45, 2.75) is 47.1 Å². The van der Waals surface area contributed by atoms with E-state index in [1.165, 1.54) is 5.56 Å². The second kappa shape index (κ2) is 16.2. The highest BCUT2D eigenvalue weighted by molar-refractivity contribution is 5.79. The Bertz CT molecular complexity index is 516. The van der Waals surface area contributed by atoms with Gasteiger partial charge in [-0.15, -0.1) is 0 Å². The van der Waals surface area contributed by atoms with Crippen LogP contribution in [-0.4, -0.2) is 63.4 Å². The fourth-order valence-electron chi connectivity index (χ4n) is 2.72. The molecular formula is C22H40N4O2. The second-order valence-corrected chi connectivity index (χ2v) is 6.55. The lowest BCUT2D eigenvalue weighted by Gasteiger charge is -2.18. The molecule has 0 aromatic heterocycles. The average molecular weight is 393 g/mol. The summed E-state index contributed by atoms with van der Waals surface area (Å²) in [4.78, 5) is 7.03. The first kappa shape index (κ1) is 24.2. The normalized spacial score (nSPS) is 11.7. The van der Waals surface area contributed by atoms with Crippen LogP contribution in [0.2, 0.25) is 0 Å². The highest BCUT2D eigenvalue weighted by Crippen LogP contribution is 2.13. The van der Waals surface area contributed by atoms with Gasteiger partial charge in [0.05, 0.1) is 6.54 Å². The number of hydrogen-bond donors (Lipinski definition) is 2. The molecule has 0 unspecified atom stereocenters. The van der Waals surface area contributed by atoms with Crippen molar-refractivity contribution in [3.05, 3.63) is 29.8 Å². The summed E-state index contributed by atoms with van der Waals surface area (Å²) in [6.45, 7) is 16.3. The van der Waals surface area contributed by atoms with Gasteiger partial charge in [0.2, 0.25) is 0 Å². The molecule has 2 N–H and O–H groups in total. The summed E-state index contributed by atoms with van der Waals surface area (Å²) in [5, 5.41) is 6.68. The number of nitrogens with one attached hydrogen (secondary N) is 2. The summed E-state index contributed by atoms with van der Waals surface area (Å²) in [5.41, 5.74) is 1.17. The summed E-state index contributed by atoms with van der Waals surface area (Å²) in [6.07, 6.45) is 2.14. The van der Waals surface area contributed by atoms with Crippen LogP contribution in [-0.2, 0) is 11.3 Å². The molecule has 0 fully saturated rings. The average Bonchev–Trinajstić information content (AvgIpc) is 2.72. The van der Waals surface area contributed by atoms with Crippen LogP contribution in [0.15, 0.2) is 29.3 Å². The van der Waals surface area contributed by atoms with E-state index in [2.05, 4.69) is 53.4 Å². The molecule has 28 heavy (non-hydrogen) atoms. The lowest BCUT2D eigenvalue weighted by atomic mass is 10.2. The van der Waals surface area contributed by atoms with Gasteiger partial charge in [-0.05, 0) is 57.5 Å². The molecule has 160 valence electrons. The molecule has 0 saturated carbocycles. The van der Waals surface area contributed by atoms with Crippen molar-refractivity contribution >= 4 is 5.96 Å². The lowest BCUT2D eigenvalue weighted by Crippen LogP contribution is -2.37. The van der Waals surface area contributed by atoms with Crippen molar-refractivity contribution in [2.75, 3.05) is 52.5 Å². The van der Waals surface area contributed by atoms with Gasteiger partial charge in [-0.25, -0.2) is 4.99 Å². The van der Waals surface area contributed by atoms with Crippen molar-refractivity contribution in [2.24, 2.45) is 4.99 Å². The highest BCUT2D eigenvalue weighted by atomic mass is 16.5. The maximum Gasteiger partial charge on any atom is 0.191 e. The summed E-state index contributed by atoms with van der Waals surface area (Å²) in [5.74, 6) is 1.78. The van der Waals surface area contributed by atoms with Crippen LogP contribution in [0.1, 0.15) is 46.1 Å². The molecule has 0 saturated heterocycles. The Morgan fingerprint density at radius 1 is 0.964 bits per heavy atom. The molecule has 6 heteroatoms. The Morgan fingerprint density at radius 2 is 1.71 bits per heavy atom. The van der Waals surface area contributed by atoms with Gasteiger partial charge in [-0.1, -0.05) is 26.0 Å². The Balaban J connectivity index is 2.38. The molecule has 0 aliphatic rings. The predicted octanol–water partition coefficient (Wildman–Crippen LogP) is 3.28. The van der Waals surface area contributed by atoms with Gasteiger partial charge in [-0.2, -0.15) is 0 Å². The zero-order chi connectivity index (χ0) is 20.5. The van der Waals surface area contributed by atoms with E-state index in [1.807, 2.05) is 19.1 Å². The van der Waals surface area contributed by atoms with E-state index in [-0.39, 0.29) is 0 Å². The van der Waals surface area contributed by atoms with Crippen molar-refractivity contribution in [3.63, 3.8) is 0 Å². The molecule has 0 radical (unpaired) electrons. The minimum Gasteiger partial charge on any atom is -0.492 e. The maximum atomic E-state index is 5.84. The number of nitrogens with zero attached hydrogens (tertiary/aromatic N) is 2. The molecule has 0 aliphatic heterocycles. The molecule has 0 amide bonds. The quantitative estimate of drug-likeness (QED) is 0.273. The third-order valence-electron chi connectivity index (χ3n) is 4.47. The van der Waals surface area contributed by atoms with Gasteiger partial charge in [0.25, 0.3) is 0 Å². The summed E-state index contributed by atoms with van der Waals surface area (Å²) in [6, 6.07) is 8.23. The zero-order valence-electron chi connectivity index (χ0n) is 18.3. The largest absolute Gasteiger partial charge is 0.492 e. The number of likely N-dealkylation sites (N-methyl/N-ethyl adjacent to an activating group) is 1. The minimum atomic E-state index is 0.647. The minimum absolute atomic E-state index is 0.647. The van der Waals surface area contributed by atoms with Gasteiger partial charge in [0.1, 0.15) is 12.4 Å². The molecular weight excluding hydrogens is 352 g/mol. The van der Waals surface area contributed by atoms with Crippen LogP contribution < -0.4 is 15.4 Å². The molecule has 1 rings (SSSR count). The summed E-state index contributed by atoms with van der Waals surface area (Å²) < 4.78 is 11.2. The maximum absolute atomic E-state index is 5.84. The van der Waals surface area contributed by atoms with E-state index < -0.39 is 0 Å². The fraction of sp³-hybridized carbons (Fsp3) is 0.682. The van der Waals surface area contributed by atoms with Gasteiger partial charge >= 0.3 is 0 Å². The lowest BCUT2D eigenvalue weighted by molar-refractivity contribution is 0.143. The first-order valence-corrected chi connectivity index (χ1v) is 10.8. The summed E-state index contributed by atoms with van der Waals surface area (Å²) in [7, 11) is 0. The summed E-state index contributed by atoms with van der Waals surface area (Å²) >= 11 is 0. The van der Waals surface area contributed by atoms with E-state index in [0.29, 0.717) is 6.54 Å². The first-order valence-electron chi connectivity index (χ1n) is 10.8. The number of hydrogen-bond acceptors (Lipinski definition) is 4. The standard InChI is InChI=1S/C22H40N4O2/c1-5-23-22(24-15-9-10-17-27-8-4)25-19-20-11-13-21(14-12-20)28-18-16-26(6-2)7-3/h11-14H,5-10,15-19H2,1-4H3,(H2,23,24,25). The fourth-order valence-corrected chi connectivity index (χ4v) is 2.72. The second-order valence-electron chi connectivity index (χ2n) is 6.55. The Morgan fingerprint density at radius 3 is 2.36 bits per heavy atom. The van der Waals surface area contributed by atoms with Crippen molar-refractivity contribution in [3.8, 4) is 5.75 Å². The van der Waals surface area contributed by atoms with Crippen LogP contribution in [0.4, 0.5) is 0 Å². The Kier molecular flexibility index (Phi) is 14.0. The number of aliphatic imine (C=N–C) groups is 1. The van der Waals surface area contributed by atoms with Crippen molar-refractivity contribution < 1.29 is 9.47 Å². The van der Waals surface area contributed by atoms with Gasteiger partial charge in [-0.3, -0.25) is 0 Å². The van der Waals surface area contributed by atoms with E-state index in [0.717, 1.165) is 77.1 Å². The first-order chi connectivity index (χ1) is 13.7. The van der Waals surface area contributed by atoms with Gasteiger partial charge in [0.15, 0.2) is 5.96 Å². The van der Waals surface area contributed by atoms with Gasteiger partial charge < -0.3 is 25.0 Å². The third-order valence-corrected chi connectivity index (χ3v) is 4.47. The number of benzene rings is 1. The molecule has 1 aromatic carbocycles. The molecule has 1 aromatic rings. The van der Waals surface area contributed by atoms with Crippen LogP contribution in [0, 0.1) is 0 Å². The van der Waals surface area contributed by atoms with E-state index in [1.54, 1.807) is 0 Å². The molecule has 0 atom stereocenters. The van der Waals surface area contributed by atoms with Crippen LogP contribution in [0.25, 0.3) is 0 Å². The van der Waals surface area contributed by atoms with Crippen molar-refractivity contribution in [1.29, 1.82) is 0 Å². The van der Waals surface area contributed by atoms with Crippen LogP contribution in [0.3, 0.4) is 0 Å². The smallest absolute Gasteiger partial charge is 0.191 e. The van der Waals surface area contributed by atoms with E-state index in [4.69, 9.17) is 9.47 Å². The predicted molar refractivity (Wildman–Crippen MR) is 118 cm³/mol. The molecule has 0 heterocycles. The number of rotatable bonds is 15. The molecule has 0 bridgehead atoms. The Hall–Kier alpha value is -1.79. The molecule has 0 aliphatic carbocycles.